The molecule has 22 heavy (non-hydrogen) atoms. The minimum atomic E-state index is -3.08. The fraction of sp³-hybridized carbons (Fsp3) is 0.438. The fourth-order valence-electron chi connectivity index (χ4n) is 2.09. The van der Waals surface area contributed by atoms with Crippen LogP contribution in [0.4, 0.5) is 0 Å². The van der Waals surface area contributed by atoms with Crippen LogP contribution in [0.2, 0.25) is 0 Å². The third kappa shape index (κ3) is 4.26. The van der Waals surface area contributed by atoms with Crippen molar-refractivity contribution in [2.75, 3.05) is 13.2 Å². The minimum absolute atomic E-state index is 0.282. The van der Waals surface area contributed by atoms with Gasteiger partial charge in [0, 0.05) is 10.4 Å². The average Bonchev–Trinajstić information content (AvgIpc) is 2.81. The molecule has 0 saturated carbocycles. The minimum Gasteiger partial charge on any atom is -0.309 e. The lowest BCUT2D eigenvalue weighted by molar-refractivity contribution is 0.219. The summed E-state index contributed by atoms with van der Waals surface area (Å²) in [5.74, 6) is 0. The van der Waals surface area contributed by atoms with Crippen LogP contribution in [0.5, 0.6) is 0 Å². The second-order valence-electron chi connectivity index (χ2n) is 5.00. The van der Waals surface area contributed by atoms with Gasteiger partial charge in [-0.25, -0.2) is 4.98 Å². The topological polar surface area (TPSA) is 48.4 Å². The van der Waals surface area contributed by atoms with Crippen LogP contribution in [-0.4, -0.2) is 18.2 Å². The largest absolute Gasteiger partial charge is 0.335 e. The van der Waals surface area contributed by atoms with Crippen LogP contribution >= 0.6 is 18.9 Å². The van der Waals surface area contributed by atoms with Crippen molar-refractivity contribution in [2.24, 2.45) is 0 Å². The molecule has 4 nitrogen and oxygen atoms in total. The quantitative estimate of drug-likeness (QED) is 0.651. The summed E-state index contributed by atoms with van der Waals surface area (Å²) in [5.41, 5.74) is 3.18. The van der Waals surface area contributed by atoms with Crippen molar-refractivity contribution >= 4 is 18.9 Å². The predicted octanol–water partition coefficient (Wildman–Crippen LogP) is 5.19. The van der Waals surface area contributed by atoms with Crippen LogP contribution in [0.1, 0.15) is 30.0 Å². The monoisotopic (exact) mass is 339 g/mol. The summed E-state index contributed by atoms with van der Waals surface area (Å²) in [4.78, 5) is 5.56. The van der Waals surface area contributed by atoms with Gasteiger partial charge in [-0.05, 0) is 27.7 Å². The molecule has 0 atom stereocenters. The predicted molar refractivity (Wildman–Crippen MR) is 91.6 cm³/mol. The molecule has 120 valence electrons. The molecule has 0 aliphatic rings. The molecule has 0 saturated heterocycles. The Morgan fingerprint density at radius 2 is 1.68 bits per heavy atom. The highest BCUT2D eigenvalue weighted by molar-refractivity contribution is 7.53. The molecule has 1 heterocycles. The molecule has 0 spiro atoms. The lowest BCUT2D eigenvalue weighted by Gasteiger charge is -2.16. The van der Waals surface area contributed by atoms with Crippen LogP contribution in [0.15, 0.2) is 24.3 Å². The van der Waals surface area contributed by atoms with Gasteiger partial charge in [0.15, 0.2) is 0 Å². The lowest BCUT2D eigenvalue weighted by atomic mass is 10.2. The standard InChI is InChI=1S/C16H22NO3PS/c1-5-19-21(18,20-6-2)11-15-13(4)17-16(22-15)14-9-7-12(3)8-10-14/h7-10H,5-6,11H2,1-4H3. The average molecular weight is 339 g/mol. The molecule has 2 rings (SSSR count). The number of rotatable bonds is 7. The van der Waals surface area contributed by atoms with Gasteiger partial charge < -0.3 is 9.05 Å². The third-order valence-corrected chi connectivity index (χ3v) is 6.61. The molecule has 0 fully saturated rings. The normalized spacial score (nSPS) is 11.8. The summed E-state index contributed by atoms with van der Waals surface area (Å²) >= 11 is 1.55. The summed E-state index contributed by atoms with van der Waals surface area (Å²) in [5, 5.41) is 0.937. The summed E-state index contributed by atoms with van der Waals surface area (Å²) in [6.07, 6.45) is 0.282. The number of hydrogen-bond acceptors (Lipinski definition) is 5. The van der Waals surface area contributed by atoms with Gasteiger partial charge in [-0.3, -0.25) is 4.57 Å². The summed E-state index contributed by atoms with van der Waals surface area (Å²) in [6.45, 7) is 8.39. The first-order valence-electron chi connectivity index (χ1n) is 7.39. The van der Waals surface area contributed by atoms with E-state index in [2.05, 4.69) is 36.2 Å². The Bertz CT molecular complexity index is 657. The van der Waals surface area contributed by atoms with Crippen molar-refractivity contribution in [2.45, 2.75) is 33.9 Å². The Balaban J connectivity index is 2.26. The Hall–Kier alpha value is -1.00. The van der Waals surface area contributed by atoms with E-state index in [-0.39, 0.29) is 6.16 Å². The number of aryl methyl sites for hydroxylation is 2. The van der Waals surface area contributed by atoms with Gasteiger partial charge in [0.25, 0.3) is 0 Å². The van der Waals surface area contributed by atoms with Crippen molar-refractivity contribution in [3.8, 4) is 10.6 Å². The van der Waals surface area contributed by atoms with Crippen LogP contribution in [0, 0.1) is 13.8 Å². The summed E-state index contributed by atoms with van der Waals surface area (Å²) < 4.78 is 23.4. The first kappa shape index (κ1) is 17.4. The molecule has 0 aliphatic heterocycles. The molecule has 0 N–H and O–H groups in total. The Kier molecular flexibility index (Phi) is 5.93. The number of hydrogen-bond donors (Lipinski definition) is 0. The molecule has 0 radical (unpaired) electrons. The van der Waals surface area contributed by atoms with Crippen molar-refractivity contribution in [3.63, 3.8) is 0 Å². The summed E-state index contributed by atoms with van der Waals surface area (Å²) in [7, 11) is -3.08. The molecule has 0 aliphatic carbocycles. The van der Waals surface area contributed by atoms with E-state index in [0.29, 0.717) is 13.2 Å². The van der Waals surface area contributed by atoms with Gasteiger partial charge in [0.05, 0.1) is 25.1 Å². The van der Waals surface area contributed by atoms with E-state index in [4.69, 9.17) is 9.05 Å². The fourth-order valence-corrected chi connectivity index (χ4v) is 5.31. The van der Waals surface area contributed by atoms with Gasteiger partial charge in [-0.2, -0.15) is 0 Å². The first-order chi connectivity index (χ1) is 10.5. The zero-order chi connectivity index (χ0) is 16.2. The second kappa shape index (κ2) is 7.51. The van der Waals surface area contributed by atoms with Crippen molar-refractivity contribution in [1.82, 2.24) is 4.98 Å². The Morgan fingerprint density at radius 1 is 1.09 bits per heavy atom. The molecule has 1 aromatic heterocycles. The maximum Gasteiger partial charge on any atom is 0.335 e. The highest BCUT2D eigenvalue weighted by Crippen LogP contribution is 2.52. The molecule has 2 aromatic rings. The maximum atomic E-state index is 12.7. The number of benzene rings is 1. The van der Waals surface area contributed by atoms with Gasteiger partial charge in [0.2, 0.25) is 0 Å². The molecule has 1 aromatic carbocycles. The van der Waals surface area contributed by atoms with Gasteiger partial charge in [-0.1, -0.05) is 29.8 Å². The van der Waals surface area contributed by atoms with E-state index in [1.807, 2.05) is 20.8 Å². The maximum absolute atomic E-state index is 12.7. The highest BCUT2D eigenvalue weighted by Gasteiger charge is 2.26. The lowest BCUT2D eigenvalue weighted by Crippen LogP contribution is -1.98. The SMILES string of the molecule is CCOP(=O)(Cc1sc(-c2ccc(C)cc2)nc1C)OCC. The van der Waals surface area contributed by atoms with Crippen LogP contribution < -0.4 is 0 Å². The first-order valence-corrected chi connectivity index (χ1v) is 9.93. The van der Waals surface area contributed by atoms with Crippen LogP contribution in [-0.2, 0) is 19.8 Å². The van der Waals surface area contributed by atoms with E-state index in [1.54, 1.807) is 11.3 Å². The third-order valence-electron chi connectivity index (χ3n) is 3.18. The van der Waals surface area contributed by atoms with E-state index in [0.717, 1.165) is 21.1 Å². The highest BCUT2D eigenvalue weighted by atomic mass is 32.1. The molecular formula is C16H22NO3PS. The van der Waals surface area contributed by atoms with Gasteiger partial charge in [-0.15, -0.1) is 11.3 Å². The zero-order valence-electron chi connectivity index (χ0n) is 13.5. The zero-order valence-corrected chi connectivity index (χ0v) is 15.2. The van der Waals surface area contributed by atoms with Crippen molar-refractivity contribution in [1.29, 1.82) is 0 Å². The van der Waals surface area contributed by atoms with Gasteiger partial charge >= 0.3 is 7.60 Å². The van der Waals surface area contributed by atoms with Crippen molar-refractivity contribution < 1.29 is 13.6 Å². The number of nitrogens with zero attached hydrogens (tertiary/aromatic N) is 1. The van der Waals surface area contributed by atoms with Crippen molar-refractivity contribution in [3.05, 3.63) is 40.4 Å². The second-order valence-corrected chi connectivity index (χ2v) is 8.14. The van der Waals surface area contributed by atoms with Crippen LogP contribution in [0.3, 0.4) is 0 Å². The number of aromatic nitrogens is 1. The Morgan fingerprint density at radius 3 is 2.23 bits per heavy atom. The molecular weight excluding hydrogens is 317 g/mol. The Labute approximate surface area is 136 Å². The van der Waals surface area contributed by atoms with E-state index in [9.17, 15) is 4.57 Å². The molecule has 0 bridgehead atoms. The van der Waals surface area contributed by atoms with E-state index >= 15 is 0 Å². The molecule has 0 unspecified atom stereocenters. The van der Waals surface area contributed by atoms with Crippen LogP contribution in [0.25, 0.3) is 10.6 Å². The summed E-state index contributed by atoms with van der Waals surface area (Å²) in [6, 6.07) is 8.25. The number of thiazole rings is 1. The smallest absolute Gasteiger partial charge is 0.309 e. The molecule has 6 heteroatoms. The van der Waals surface area contributed by atoms with E-state index < -0.39 is 7.60 Å². The van der Waals surface area contributed by atoms with Gasteiger partial charge in [0.1, 0.15) is 5.01 Å². The van der Waals surface area contributed by atoms with E-state index in [1.165, 1.54) is 5.56 Å². The molecule has 0 amide bonds.